The largest absolute Gasteiger partial charge is 0.451 e. The van der Waals surface area contributed by atoms with Gasteiger partial charge in [0, 0.05) is 6.26 Å². The van der Waals surface area contributed by atoms with Gasteiger partial charge in [0.15, 0.2) is 12.1 Å². The Bertz CT molecular complexity index is 998. The molecule has 1 aliphatic heterocycles. The van der Waals surface area contributed by atoms with Crippen LogP contribution in [0.4, 0.5) is 0 Å². The predicted molar refractivity (Wildman–Crippen MR) is 117 cm³/mol. The van der Waals surface area contributed by atoms with Crippen LogP contribution in [0.5, 0.6) is 0 Å². The fourth-order valence-corrected chi connectivity index (χ4v) is 5.95. The van der Waals surface area contributed by atoms with E-state index in [0.29, 0.717) is 16.4 Å². The van der Waals surface area contributed by atoms with Gasteiger partial charge in [-0.15, -0.1) is 0 Å². The number of ether oxygens (including phenoxy) is 1. The van der Waals surface area contributed by atoms with Gasteiger partial charge in [-0.25, -0.2) is 13.2 Å². The molecule has 0 spiro atoms. The molecule has 0 unspecified atom stereocenters. The molecule has 1 amide bonds. The van der Waals surface area contributed by atoms with Gasteiger partial charge in [-0.3, -0.25) is 4.79 Å². The number of rotatable bonds is 8. The van der Waals surface area contributed by atoms with E-state index < -0.39 is 32.4 Å². The molecule has 1 aliphatic rings. The van der Waals surface area contributed by atoms with E-state index in [1.165, 1.54) is 4.90 Å². The summed E-state index contributed by atoms with van der Waals surface area (Å²) in [5.41, 5.74) is 1.98. The SMILES string of the molecule is C=C(C)[C@H](C(=O)OC(c1ccccc1)c1ccccc1)N1C(=O)C[C@H]1SS(C)(=O)=O. The molecule has 2 aromatic rings. The Morgan fingerprint density at radius 3 is 2.00 bits per heavy atom. The van der Waals surface area contributed by atoms with Crippen LogP contribution in [0.25, 0.3) is 0 Å². The smallest absolute Gasteiger partial charge is 0.334 e. The van der Waals surface area contributed by atoms with Crippen molar-refractivity contribution in [1.82, 2.24) is 4.90 Å². The van der Waals surface area contributed by atoms with Crippen LogP contribution in [0.1, 0.15) is 30.6 Å². The van der Waals surface area contributed by atoms with E-state index >= 15 is 0 Å². The first-order valence-corrected chi connectivity index (χ1v) is 12.6. The summed E-state index contributed by atoms with van der Waals surface area (Å²) >= 11 is 0. The lowest BCUT2D eigenvalue weighted by Gasteiger charge is -2.43. The summed E-state index contributed by atoms with van der Waals surface area (Å²) < 4.78 is 29.2. The highest BCUT2D eigenvalue weighted by molar-refractivity contribution is 8.72. The summed E-state index contributed by atoms with van der Waals surface area (Å²) in [4.78, 5) is 26.7. The van der Waals surface area contributed by atoms with E-state index in [-0.39, 0.29) is 12.3 Å². The number of hydrogen-bond donors (Lipinski definition) is 0. The lowest BCUT2D eigenvalue weighted by Crippen LogP contribution is -2.59. The van der Waals surface area contributed by atoms with Crippen molar-refractivity contribution in [3.63, 3.8) is 0 Å². The number of benzene rings is 2. The van der Waals surface area contributed by atoms with Crippen LogP contribution in [0, 0.1) is 0 Å². The highest BCUT2D eigenvalue weighted by Gasteiger charge is 2.47. The fourth-order valence-electron chi connectivity index (χ4n) is 3.31. The molecule has 30 heavy (non-hydrogen) atoms. The van der Waals surface area contributed by atoms with Crippen LogP contribution in [0.3, 0.4) is 0 Å². The maximum atomic E-state index is 13.2. The van der Waals surface area contributed by atoms with Crippen LogP contribution >= 0.6 is 10.8 Å². The lowest BCUT2D eigenvalue weighted by molar-refractivity contribution is -0.162. The van der Waals surface area contributed by atoms with Crippen molar-refractivity contribution < 1.29 is 22.7 Å². The molecule has 3 rings (SSSR count). The van der Waals surface area contributed by atoms with Crippen molar-refractivity contribution in [2.24, 2.45) is 0 Å². The summed E-state index contributed by atoms with van der Waals surface area (Å²) in [6.07, 6.45) is 0.461. The van der Waals surface area contributed by atoms with Crippen LogP contribution in [0.2, 0.25) is 0 Å². The lowest BCUT2D eigenvalue weighted by atomic mass is 10.00. The first-order valence-electron chi connectivity index (χ1n) is 9.32. The minimum Gasteiger partial charge on any atom is -0.451 e. The summed E-state index contributed by atoms with van der Waals surface area (Å²) in [7, 11) is -2.73. The minimum atomic E-state index is -3.39. The molecule has 0 aromatic heterocycles. The third kappa shape index (κ3) is 5.12. The molecule has 8 heteroatoms. The Morgan fingerprint density at radius 2 is 1.60 bits per heavy atom. The van der Waals surface area contributed by atoms with Gasteiger partial charge in [-0.1, -0.05) is 67.2 Å². The van der Waals surface area contributed by atoms with Crippen LogP contribution in [-0.2, 0) is 23.2 Å². The molecule has 0 N–H and O–H groups in total. The van der Waals surface area contributed by atoms with E-state index in [0.717, 1.165) is 17.4 Å². The Balaban J connectivity index is 1.89. The van der Waals surface area contributed by atoms with Gasteiger partial charge in [-0.05, 0) is 34.4 Å². The number of β-lactam (4-membered cyclic amide) rings is 1. The molecule has 0 bridgehead atoms. The van der Waals surface area contributed by atoms with Crippen LogP contribution in [0.15, 0.2) is 72.8 Å². The van der Waals surface area contributed by atoms with Crippen molar-refractivity contribution >= 4 is 31.5 Å². The molecule has 158 valence electrons. The van der Waals surface area contributed by atoms with Gasteiger partial charge >= 0.3 is 5.97 Å². The molecule has 2 aromatic carbocycles. The van der Waals surface area contributed by atoms with Crippen molar-refractivity contribution in [3.8, 4) is 0 Å². The maximum Gasteiger partial charge on any atom is 0.334 e. The van der Waals surface area contributed by atoms with E-state index in [1.807, 2.05) is 60.7 Å². The second-order valence-electron chi connectivity index (χ2n) is 7.15. The van der Waals surface area contributed by atoms with Crippen LogP contribution < -0.4 is 0 Å². The molecule has 0 aliphatic carbocycles. The Kier molecular flexibility index (Phi) is 6.67. The zero-order valence-corrected chi connectivity index (χ0v) is 18.4. The number of carbonyl (C=O) groups excluding carboxylic acids is 2. The second kappa shape index (κ2) is 9.06. The second-order valence-corrected chi connectivity index (χ2v) is 11.7. The summed E-state index contributed by atoms with van der Waals surface area (Å²) in [6.45, 7) is 5.47. The van der Waals surface area contributed by atoms with Gasteiger partial charge in [-0.2, -0.15) is 0 Å². The number of amides is 1. The quantitative estimate of drug-likeness (QED) is 0.268. The van der Waals surface area contributed by atoms with E-state index in [1.54, 1.807) is 6.92 Å². The van der Waals surface area contributed by atoms with E-state index in [4.69, 9.17) is 4.74 Å². The Labute approximate surface area is 180 Å². The molecular weight excluding hydrogens is 422 g/mol. The Morgan fingerprint density at radius 1 is 1.10 bits per heavy atom. The standard InChI is InChI=1S/C22H23NO5S2/c1-15(2)20(23-18(24)14-19(23)29-30(3,26)27)22(25)28-21(16-10-6-4-7-11-16)17-12-8-5-9-13-17/h4-13,19-21H,1,14H2,2-3H3/t19-,20-/m1/s1. The van der Waals surface area contributed by atoms with Crippen LogP contribution in [-0.4, -0.2) is 42.9 Å². The fraction of sp³-hybridized carbons (Fsp3) is 0.273. The summed E-state index contributed by atoms with van der Waals surface area (Å²) in [5, 5.41) is -0.645. The Hall–Kier alpha value is -2.58. The number of carbonyl (C=O) groups is 2. The highest BCUT2D eigenvalue weighted by atomic mass is 33.1. The van der Waals surface area contributed by atoms with Crippen molar-refractivity contribution in [1.29, 1.82) is 0 Å². The number of nitrogens with zero attached hydrogens (tertiary/aromatic N) is 1. The normalized spacial score (nSPS) is 17.4. The van der Waals surface area contributed by atoms with Gasteiger partial charge < -0.3 is 9.64 Å². The number of hydrogen-bond acceptors (Lipinski definition) is 6. The molecule has 0 radical (unpaired) electrons. The monoisotopic (exact) mass is 445 g/mol. The predicted octanol–water partition coefficient (Wildman–Crippen LogP) is 3.52. The van der Waals surface area contributed by atoms with E-state index in [9.17, 15) is 18.0 Å². The van der Waals surface area contributed by atoms with Crippen molar-refractivity contribution in [3.05, 3.63) is 83.9 Å². The number of likely N-dealkylation sites (tertiary alicyclic amines) is 1. The van der Waals surface area contributed by atoms with E-state index in [2.05, 4.69) is 6.58 Å². The maximum absolute atomic E-state index is 13.2. The van der Waals surface area contributed by atoms with Gasteiger partial charge in [0.05, 0.1) is 6.42 Å². The average Bonchev–Trinajstić information content (AvgIpc) is 2.69. The average molecular weight is 446 g/mol. The molecule has 0 saturated carbocycles. The zero-order chi connectivity index (χ0) is 21.9. The van der Waals surface area contributed by atoms with Crippen molar-refractivity contribution in [2.75, 3.05) is 6.26 Å². The molecular formula is C22H23NO5S2. The molecule has 1 saturated heterocycles. The van der Waals surface area contributed by atoms with Gasteiger partial charge in [0.1, 0.15) is 5.37 Å². The third-order valence-electron chi connectivity index (χ3n) is 4.64. The molecule has 2 atom stereocenters. The molecule has 6 nitrogen and oxygen atoms in total. The zero-order valence-electron chi connectivity index (χ0n) is 16.7. The van der Waals surface area contributed by atoms with Crippen molar-refractivity contribution in [2.45, 2.75) is 30.9 Å². The third-order valence-corrected chi connectivity index (χ3v) is 7.32. The number of esters is 1. The first-order chi connectivity index (χ1) is 14.2. The first kappa shape index (κ1) is 22.1. The minimum absolute atomic E-state index is 0.0512. The summed E-state index contributed by atoms with van der Waals surface area (Å²) in [5.74, 6) is -0.954. The summed E-state index contributed by atoms with van der Waals surface area (Å²) in [6, 6.07) is 17.5. The topological polar surface area (TPSA) is 80.8 Å². The molecule has 1 heterocycles. The van der Waals surface area contributed by atoms with Gasteiger partial charge in [0.25, 0.3) is 0 Å². The van der Waals surface area contributed by atoms with Gasteiger partial charge in [0.2, 0.25) is 14.8 Å². The molecule has 1 fully saturated rings. The highest BCUT2D eigenvalue weighted by Crippen LogP contribution is 2.37.